The number of aromatic nitrogens is 2. The average molecular weight is 391 g/mol. The zero-order chi connectivity index (χ0) is 19.5. The van der Waals surface area contributed by atoms with Crippen LogP contribution in [0.25, 0.3) is 21.3 Å². The molecule has 28 heavy (non-hydrogen) atoms. The minimum absolute atomic E-state index is 0.158. The van der Waals surface area contributed by atoms with Gasteiger partial charge in [-0.25, -0.2) is 9.37 Å². The van der Waals surface area contributed by atoms with Gasteiger partial charge in [-0.05, 0) is 42.0 Å². The molecule has 0 unspecified atom stereocenters. The number of ether oxygens (including phenoxy) is 1. The van der Waals surface area contributed by atoms with Crippen LogP contribution in [0.4, 0.5) is 4.39 Å². The Labute approximate surface area is 163 Å². The maximum atomic E-state index is 13.2. The van der Waals surface area contributed by atoms with Gasteiger partial charge in [0.15, 0.2) is 0 Å². The molecule has 0 atom stereocenters. The number of hydrogen-bond donors (Lipinski definition) is 0. The molecule has 0 spiro atoms. The Morgan fingerprint density at radius 1 is 1.14 bits per heavy atom. The maximum Gasteiger partial charge on any atom is 0.262 e. The van der Waals surface area contributed by atoms with Crippen molar-refractivity contribution in [3.63, 3.8) is 0 Å². The molecule has 4 rings (SSSR count). The van der Waals surface area contributed by atoms with Gasteiger partial charge in [0.05, 0.1) is 29.9 Å². The first-order valence-corrected chi connectivity index (χ1v) is 9.39. The lowest BCUT2D eigenvalue weighted by molar-refractivity contribution is 0.296. The number of halogens is 1. The normalized spacial score (nSPS) is 10.7. The molecule has 138 valence electrons. The van der Waals surface area contributed by atoms with Crippen LogP contribution in [0.15, 0.2) is 65.0 Å². The third-order valence-electron chi connectivity index (χ3n) is 4.30. The first kappa shape index (κ1) is 17.9. The van der Waals surface area contributed by atoms with E-state index in [9.17, 15) is 9.18 Å². The van der Waals surface area contributed by atoms with Gasteiger partial charge < -0.3 is 4.74 Å². The van der Waals surface area contributed by atoms with Crippen LogP contribution in [-0.4, -0.2) is 16.2 Å². The summed E-state index contributed by atoms with van der Waals surface area (Å²) in [4.78, 5) is 18.0. The highest BCUT2D eigenvalue weighted by Crippen LogP contribution is 2.30. The molecule has 2 heterocycles. The predicted molar refractivity (Wildman–Crippen MR) is 106 cm³/mol. The fraction of sp³-hybridized carbons (Fsp3) is 0.0952. The summed E-state index contributed by atoms with van der Waals surface area (Å²) in [5.74, 6) is 0.308. The van der Waals surface area contributed by atoms with E-state index in [-0.39, 0.29) is 18.0 Å². The average Bonchev–Trinajstić information content (AvgIpc) is 3.16. The van der Waals surface area contributed by atoms with Crippen LogP contribution < -0.4 is 10.3 Å². The molecular formula is C21H14FN3O2S. The summed E-state index contributed by atoms with van der Waals surface area (Å²) in [6, 6.07) is 14.9. The van der Waals surface area contributed by atoms with Gasteiger partial charge in [0.1, 0.15) is 23.0 Å². The van der Waals surface area contributed by atoms with Crippen molar-refractivity contribution in [1.82, 2.24) is 9.55 Å². The highest BCUT2D eigenvalue weighted by molar-refractivity contribution is 7.17. The van der Waals surface area contributed by atoms with Crippen molar-refractivity contribution in [3.05, 3.63) is 82.0 Å². The minimum atomic E-state index is -0.321. The molecule has 0 bridgehead atoms. The Kier molecular flexibility index (Phi) is 4.87. The van der Waals surface area contributed by atoms with Gasteiger partial charge in [0, 0.05) is 10.9 Å². The summed E-state index contributed by atoms with van der Waals surface area (Å²) in [6.45, 7) is 0.621. The van der Waals surface area contributed by atoms with E-state index in [1.165, 1.54) is 34.4 Å². The van der Waals surface area contributed by atoms with Crippen LogP contribution in [0.3, 0.4) is 0 Å². The molecule has 0 aliphatic carbocycles. The first-order chi connectivity index (χ1) is 13.7. The molecule has 0 saturated carbocycles. The molecule has 0 N–H and O–H groups in total. The Balaban J connectivity index is 1.57. The topological polar surface area (TPSA) is 67.9 Å². The Morgan fingerprint density at radius 3 is 2.61 bits per heavy atom. The van der Waals surface area contributed by atoms with Crippen LogP contribution in [0.2, 0.25) is 0 Å². The van der Waals surface area contributed by atoms with Gasteiger partial charge in [-0.3, -0.25) is 9.36 Å². The van der Waals surface area contributed by atoms with Crippen molar-refractivity contribution in [2.45, 2.75) is 6.54 Å². The Morgan fingerprint density at radius 2 is 1.89 bits per heavy atom. The van der Waals surface area contributed by atoms with E-state index in [1.54, 1.807) is 36.4 Å². The minimum Gasteiger partial charge on any atom is -0.492 e. The largest absolute Gasteiger partial charge is 0.492 e. The van der Waals surface area contributed by atoms with E-state index in [4.69, 9.17) is 10.00 Å². The molecule has 0 fully saturated rings. The monoisotopic (exact) mass is 391 g/mol. The second kappa shape index (κ2) is 7.62. The number of thiophene rings is 1. The van der Waals surface area contributed by atoms with Gasteiger partial charge in [-0.15, -0.1) is 11.3 Å². The zero-order valence-electron chi connectivity index (χ0n) is 14.6. The van der Waals surface area contributed by atoms with Crippen LogP contribution in [0.1, 0.15) is 5.56 Å². The summed E-state index contributed by atoms with van der Waals surface area (Å²) >= 11 is 1.38. The quantitative estimate of drug-likeness (QED) is 0.511. The van der Waals surface area contributed by atoms with Crippen LogP contribution in [0.5, 0.6) is 5.75 Å². The van der Waals surface area contributed by atoms with Gasteiger partial charge in [0.2, 0.25) is 0 Å². The van der Waals surface area contributed by atoms with Gasteiger partial charge in [0.25, 0.3) is 5.56 Å². The number of fused-ring (bicyclic) bond motifs is 1. The van der Waals surface area contributed by atoms with Crippen molar-refractivity contribution in [3.8, 4) is 22.9 Å². The van der Waals surface area contributed by atoms with E-state index in [1.807, 2.05) is 5.38 Å². The van der Waals surface area contributed by atoms with E-state index in [0.29, 0.717) is 28.1 Å². The lowest BCUT2D eigenvalue weighted by Crippen LogP contribution is -2.23. The molecule has 7 heteroatoms. The van der Waals surface area contributed by atoms with Crippen molar-refractivity contribution in [1.29, 1.82) is 5.26 Å². The van der Waals surface area contributed by atoms with Crippen LogP contribution in [0, 0.1) is 17.1 Å². The fourth-order valence-electron chi connectivity index (χ4n) is 2.86. The molecule has 0 aliphatic heterocycles. The third kappa shape index (κ3) is 3.50. The highest BCUT2D eigenvalue weighted by atomic mass is 32.1. The SMILES string of the molecule is N#Cc1ccc(OCCn2cnc3scc(-c4ccc(F)cc4)c3c2=O)cc1. The Bertz CT molecular complexity index is 1220. The van der Waals surface area contributed by atoms with Gasteiger partial charge in [-0.1, -0.05) is 12.1 Å². The van der Waals surface area contributed by atoms with E-state index >= 15 is 0 Å². The number of nitriles is 1. The van der Waals surface area contributed by atoms with Crippen molar-refractivity contribution in [2.75, 3.05) is 6.61 Å². The lowest BCUT2D eigenvalue weighted by atomic mass is 10.1. The summed E-state index contributed by atoms with van der Waals surface area (Å²) in [7, 11) is 0. The number of rotatable bonds is 5. The predicted octanol–water partition coefficient (Wildman–Crippen LogP) is 4.21. The lowest BCUT2D eigenvalue weighted by Gasteiger charge is -2.08. The van der Waals surface area contributed by atoms with Crippen LogP contribution in [-0.2, 0) is 6.54 Å². The summed E-state index contributed by atoms with van der Waals surface area (Å²) in [5, 5.41) is 11.2. The second-order valence-corrected chi connectivity index (χ2v) is 6.92. The second-order valence-electron chi connectivity index (χ2n) is 6.06. The Hall–Kier alpha value is -3.50. The molecule has 2 aromatic carbocycles. The molecule has 0 amide bonds. The summed E-state index contributed by atoms with van der Waals surface area (Å²) < 4.78 is 20.4. The van der Waals surface area contributed by atoms with E-state index in [0.717, 1.165) is 11.1 Å². The summed E-state index contributed by atoms with van der Waals surface area (Å²) in [6.07, 6.45) is 1.51. The molecule has 2 aromatic heterocycles. The molecule has 4 aromatic rings. The first-order valence-electron chi connectivity index (χ1n) is 8.51. The van der Waals surface area contributed by atoms with Crippen molar-refractivity contribution in [2.24, 2.45) is 0 Å². The van der Waals surface area contributed by atoms with Crippen molar-refractivity contribution < 1.29 is 9.13 Å². The zero-order valence-corrected chi connectivity index (χ0v) is 15.4. The fourth-order valence-corrected chi connectivity index (χ4v) is 3.76. The highest BCUT2D eigenvalue weighted by Gasteiger charge is 2.13. The number of benzene rings is 2. The number of hydrogen-bond acceptors (Lipinski definition) is 5. The maximum absolute atomic E-state index is 13.2. The van der Waals surface area contributed by atoms with E-state index in [2.05, 4.69) is 11.1 Å². The third-order valence-corrected chi connectivity index (χ3v) is 5.19. The molecule has 0 saturated heterocycles. The van der Waals surface area contributed by atoms with Gasteiger partial charge >= 0.3 is 0 Å². The number of nitrogens with zero attached hydrogens (tertiary/aromatic N) is 3. The smallest absolute Gasteiger partial charge is 0.262 e. The molecular weight excluding hydrogens is 377 g/mol. The van der Waals surface area contributed by atoms with Gasteiger partial charge in [-0.2, -0.15) is 5.26 Å². The molecule has 0 aliphatic rings. The molecule has 5 nitrogen and oxygen atoms in total. The van der Waals surface area contributed by atoms with E-state index < -0.39 is 0 Å². The van der Waals surface area contributed by atoms with Crippen molar-refractivity contribution >= 4 is 21.6 Å². The van der Waals surface area contributed by atoms with Crippen LogP contribution >= 0.6 is 11.3 Å². The molecule has 0 radical (unpaired) electrons. The standard InChI is InChI=1S/C21H14FN3O2S/c22-16-5-3-15(4-6-16)18-12-28-20-19(18)21(26)25(13-24-20)9-10-27-17-7-1-14(11-23)2-8-17/h1-8,12-13H,9-10H2. The summed E-state index contributed by atoms with van der Waals surface area (Å²) in [5.41, 5.74) is 1.93.